The minimum Gasteiger partial charge on any atom is -0.327 e. The molecule has 4 nitrogen and oxygen atoms in total. The van der Waals surface area contributed by atoms with Gasteiger partial charge in [-0.25, -0.2) is 4.98 Å². The summed E-state index contributed by atoms with van der Waals surface area (Å²) in [7, 11) is 0. The number of aromatic amines is 1. The van der Waals surface area contributed by atoms with Gasteiger partial charge >= 0.3 is 0 Å². The van der Waals surface area contributed by atoms with E-state index in [-0.39, 0.29) is 11.6 Å². The van der Waals surface area contributed by atoms with Gasteiger partial charge in [-0.2, -0.15) is 5.26 Å². The number of ketones is 1. The molecule has 0 aliphatic heterocycles. The zero-order chi connectivity index (χ0) is 16.9. The van der Waals surface area contributed by atoms with E-state index in [1.54, 1.807) is 0 Å². The van der Waals surface area contributed by atoms with Crippen molar-refractivity contribution in [3.05, 3.63) is 58.7 Å². The summed E-state index contributed by atoms with van der Waals surface area (Å²) < 4.78 is 0. The first-order valence-electron chi connectivity index (χ1n) is 8.50. The molecule has 1 aliphatic carbocycles. The van der Waals surface area contributed by atoms with Crippen molar-refractivity contribution in [2.45, 2.75) is 45.4 Å². The van der Waals surface area contributed by atoms with Gasteiger partial charge in [0.1, 0.15) is 11.8 Å². The van der Waals surface area contributed by atoms with E-state index in [0.29, 0.717) is 12.1 Å². The molecule has 0 unspecified atom stereocenters. The first-order chi connectivity index (χ1) is 11.7. The van der Waals surface area contributed by atoms with Gasteiger partial charge in [0.2, 0.25) is 5.78 Å². The molecular weight excluding hydrogens is 298 g/mol. The minimum absolute atomic E-state index is 0.0848. The summed E-state index contributed by atoms with van der Waals surface area (Å²) >= 11 is 0. The number of benzene rings is 1. The average molecular weight is 319 g/mol. The predicted octanol–water partition coefficient (Wildman–Crippen LogP) is 4.23. The average Bonchev–Trinajstić information content (AvgIpc) is 3.12. The fraction of sp³-hybridized carbons (Fsp3) is 0.350. The quantitative estimate of drug-likeness (QED) is 0.839. The van der Waals surface area contributed by atoms with Crippen LogP contribution in [0.3, 0.4) is 0 Å². The lowest BCUT2D eigenvalue weighted by molar-refractivity contribution is 0.0984. The van der Waals surface area contributed by atoms with Crippen LogP contribution in [0.1, 0.15) is 65.6 Å². The van der Waals surface area contributed by atoms with Crippen LogP contribution < -0.4 is 0 Å². The molecule has 0 saturated carbocycles. The van der Waals surface area contributed by atoms with Crippen LogP contribution in [0.4, 0.5) is 0 Å². The number of aromatic nitrogens is 2. The van der Waals surface area contributed by atoms with Gasteiger partial charge in [-0.05, 0) is 54.4 Å². The van der Waals surface area contributed by atoms with Gasteiger partial charge in [0.15, 0.2) is 5.82 Å². The third-order valence-electron chi connectivity index (χ3n) is 4.53. The Morgan fingerprint density at radius 2 is 2.25 bits per heavy atom. The molecule has 24 heavy (non-hydrogen) atoms. The van der Waals surface area contributed by atoms with Crippen molar-refractivity contribution in [2.75, 3.05) is 0 Å². The molecule has 122 valence electrons. The Balaban J connectivity index is 1.90. The number of nitrogens with zero attached hydrogens (tertiary/aromatic N) is 2. The van der Waals surface area contributed by atoms with E-state index >= 15 is 0 Å². The van der Waals surface area contributed by atoms with Crippen LogP contribution in [0.5, 0.6) is 0 Å². The molecule has 1 aromatic heterocycles. The monoisotopic (exact) mass is 319 g/mol. The maximum absolute atomic E-state index is 12.5. The molecule has 0 atom stereocenters. The molecule has 0 bridgehead atoms. The number of carbonyl (C=O) groups is 1. The topological polar surface area (TPSA) is 69.5 Å². The van der Waals surface area contributed by atoms with Gasteiger partial charge in [-0.3, -0.25) is 4.79 Å². The molecule has 0 saturated heterocycles. The Hall–Kier alpha value is -2.67. The van der Waals surface area contributed by atoms with Crippen LogP contribution in [0, 0.1) is 11.3 Å². The van der Waals surface area contributed by atoms with E-state index in [2.05, 4.69) is 41.2 Å². The number of hydrogen-bond acceptors (Lipinski definition) is 3. The van der Waals surface area contributed by atoms with Crippen LogP contribution >= 0.6 is 0 Å². The highest BCUT2D eigenvalue weighted by atomic mass is 16.1. The zero-order valence-electron chi connectivity index (χ0n) is 13.9. The molecule has 0 spiro atoms. The van der Waals surface area contributed by atoms with Crippen molar-refractivity contribution in [3.63, 3.8) is 0 Å². The lowest BCUT2D eigenvalue weighted by Crippen LogP contribution is -2.09. The Labute approximate surface area is 142 Å². The number of nitrogens with one attached hydrogen (secondary N) is 1. The van der Waals surface area contributed by atoms with Crippen molar-refractivity contribution in [3.8, 4) is 6.07 Å². The fourth-order valence-electron chi connectivity index (χ4n) is 3.16. The number of carbonyl (C=O) groups excluding carboxylic acids is 1. The number of hydrogen-bond donors (Lipinski definition) is 1. The lowest BCUT2D eigenvalue weighted by atomic mass is 9.88. The molecule has 1 heterocycles. The maximum Gasteiger partial charge on any atom is 0.202 e. The molecule has 1 aliphatic rings. The summed E-state index contributed by atoms with van der Waals surface area (Å²) in [6, 6.07) is 8.35. The highest BCUT2D eigenvalue weighted by Gasteiger charge is 2.16. The van der Waals surface area contributed by atoms with E-state index in [1.807, 2.05) is 6.07 Å². The normalized spacial score (nSPS) is 14.1. The van der Waals surface area contributed by atoms with Gasteiger partial charge in [0.25, 0.3) is 0 Å². The van der Waals surface area contributed by atoms with Crippen LogP contribution in [0.2, 0.25) is 0 Å². The van der Waals surface area contributed by atoms with Gasteiger partial charge in [0.05, 0.1) is 6.20 Å². The van der Waals surface area contributed by atoms with Crippen molar-refractivity contribution >= 4 is 11.4 Å². The second kappa shape index (κ2) is 7.27. The number of aryl methyl sites for hydroxylation is 1. The van der Waals surface area contributed by atoms with E-state index in [9.17, 15) is 4.79 Å². The molecule has 0 amide bonds. The van der Waals surface area contributed by atoms with E-state index in [1.165, 1.54) is 35.7 Å². The predicted molar refractivity (Wildman–Crippen MR) is 93.6 cm³/mol. The summed E-state index contributed by atoms with van der Waals surface area (Å²) in [6.07, 6.45) is 9.64. The number of imidazole rings is 1. The van der Waals surface area contributed by atoms with Crippen molar-refractivity contribution < 1.29 is 4.79 Å². The highest BCUT2D eigenvalue weighted by molar-refractivity contribution is 5.95. The van der Waals surface area contributed by atoms with Gasteiger partial charge in [-0.15, -0.1) is 0 Å². The Morgan fingerprint density at radius 3 is 2.92 bits per heavy atom. The molecule has 1 aromatic carbocycles. The lowest BCUT2D eigenvalue weighted by Gasteiger charge is -2.17. The van der Waals surface area contributed by atoms with E-state index < -0.39 is 0 Å². The van der Waals surface area contributed by atoms with Crippen LogP contribution in [0.25, 0.3) is 5.57 Å². The fourth-order valence-corrected chi connectivity index (χ4v) is 3.16. The number of rotatable bonds is 5. The molecule has 4 heteroatoms. The smallest absolute Gasteiger partial charge is 0.202 e. The summed E-state index contributed by atoms with van der Waals surface area (Å²) in [5, 5.41) is 8.85. The van der Waals surface area contributed by atoms with Crippen LogP contribution in [-0.4, -0.2) is 15.8 Å². The maximum atomic E-state index is 12.5. The molecule has 2 aromatic rings. The summed E-state index contributed by atoms with van der Waals surface area (Å²) in [5.74, 6) is 0.174. The van der Waals surface area contributed by atoms with E-state index in [0.717, 1.165) is 24.8 Å². The standard InChI is InChI=1S/C20H21N3O/c1-2-14-8-9-16(18(10-14)15-6-4-3-5-7-15)11-19(24)20-22-13-17(12-21)23-20/h6,8-10,13H,2-5,7,11H2,1H3,(H,22,23). The largest absolute Gasteiger partial charge is 0.327 e. The Bertz CT molecular complexity index is 824. The second-order valence-corrected chi connectivity index (χ2v) is 6.18. The second-order valence-electron chi connectivity index (χ2n) is 6.18. The molecular formula is C20H21N3O. The first-order valence-corrected chi connectivity index (χ1v) is 8.50. The van der Waals surface area contributed by atoms with Gasteiger partial charge in [0, 0.05) is 6.42 Å². The van der Waals surface area contributed by atoms with E-state index in [4.69, 9.17) is 5.26 Å². The SMILES string of the molecule is CCc1ccc(CC(=O)c2ncc(C#N)[nH]2)c(C2=CCCCC2)c1. The summed E-state index contributed by atoms with van der Waals surface area (Å²) in [6.45, 7) is 2.14. The highest BCUT2D eigenvalue weighted by Crippen LogP contribution is 2.30. The first kappa shape index (κ1) is 16.2. The minimum atomic E-state index is -0.0848. The molecule has 0 fully saturated rings. The van der Waals surface area contributed by atoms with Gasteiger partial charge in [-0.1, -0.05) is 31.2 Å². The van der Waals surface area contributed by atoms with Crippen LogP contribution in [0.15, 0.2) is 30.5 Å². The Kier molecular flexibility index (Phi) is 4.90. The van der Waals surface area contributed by atoms with Crippen LogP contribution in [-0.2, 0) is 12.8 Å². The van der Waals surface area contributed by atoms with Crippen molar-refractivity contribution in [1.29, 1.82) is 5.26 Å². The van der Waals surface area contributed by atoms with Crippen molar-refractivity contribution in [1.82, 2.24) is 9.97 Å². The number of nitriles is 1. The zero-order valence-corrected chi connectivity index (χ0v) is 13.9. The Morgan fingerprint density at radius 1 is 1.38 bits per heavy atom. The number of H-pyrrole nitrogens is 1. The van der Waals surface area contributed by atoms with Gasteiger partial charge < -0.3 is 4.98 Å². The third kappa shape index (κ3) is 3.46. The number of Topliss-reactive ketones (excluding diaryl/α,β-unsaturated/α-hetero) is 1. The third-order valence-corrected chi connectivity index (χ3v) is 4.53. The molecule has 1 N–H and O–H groups in total. The molecule has 3 rings (SSSR count). The summed E-state index contributed by atoms with van der Waals surface area (Å²) in [5.41, 5.74) is 5.21. The summed E-state index contributed by atoms with van der Waals surface area (Å²) in [4.78, 5) is 19.3. The molecule has 0 radical (unpaired) electrons. The van der Waals surface area contributed by atoms with Crippen molar-refractivity contribution in [2.24, 2.45) is 0 Å². The number of allylic oxidation sites excluding steroid dienone is 2.